The van der Waals surface area contributed by atoms with Crippen LogP contribution in [0.1, 0.15) is 51.5 Å². The Hall–Kier alpha value is -0.730. The lowest BCUT2D eigenvalue weighted by molar-refractivity contribution is 0.281. The molecule has 0 bridgehead atoms. The van der Waals surface area contributed by atoms with E-state index in [0.29, 0.717) is 17.0 Å². The summed E-state index contributed by atoms with van der Waals surface area (Å²) in [6, 6.07) is 6.54. The van der Waals surface area contributed by atoms with Crippen LogP contribution >= 0.6 is 11.6 Å². The Morgan fingerprint density at radius 1 is 1.30 bits per heavy atom. The molecule has 20 heavy (non-hydrogen) atoms. The Morgan fingerprint density at radius 3 is 2.60 bits per heavy atom. The first-order chi connectivity index (χ1) is 9.61. The second-order valence-corrected chi connectivity index (χ2v) is 6.68. The van der Waals surface area contributed by atoms with E-state index in [-0.39, 0.29) is 6.61 Å². The summed E-state index contributed by atoms with van der Waals surface area (Å²) >= 11 is 6.06. The fourth-order valence-corrected chi connectivity index (χ4v) is 3.27. The zero-order chi connectivity index (χ0) is 14.5. The van der Waals surface area contributed by atoms with Crippen LogP contribution in [-0.4, -0.2) is 17.7 Å². The third kappa shape index (κ3) is 3.89. The van der Waals surface area contributed by atoms with Crippen LogP contribution in [0.4, 0.5) is 5.69 Å². The van der Waals surface area contributed by atoms with E-state index in [2.05, 4.69) is 24.8 Å². The standard InChI is InChI=1S/C17H26ClNO/c1-13(2)9-10-19(16-5-3-4-6-16)17-8-7-15(18)11-14(17)12-20/h7-8,11,13,16,20H,3-6,9-10,12H2,1-2H3. The van der Waals surface area contributed by atoms with Gasteiger partial charge in [-0.3, -0.25) is 0 Å². The summed E-state index contributed by atoms with van der Waals surface area (Å²) in [6.45, 7) is 5.65. The molecular weight excluding hydrogens is 270 g/mol. The molecule has 0 radical (unpaired) electrons. The maximum absolute atomic E-state index is 9.63. The van der Waals surface area contributed by atoms with Crippen molar-refractivity contribution in [2.45, 2.75) is 58.6 Å². The summed E-state index contributed by atoms with van der Waals surface area (Å²) in [5.41, 5.74) is 2.12. The minimum Gasteiger partial charge on any atom is -0.392 e. The van der Waals surface area contributed by atoms with E-state index >= 15 is 0 Å². The highest BCUT2D eigenvalue weighted by atomic mass is 35.5. The first-order valence-corrected chi connectivity index (χ1v) is 8.15. The van der Waals surface area contributed by atoms with Gasteiger partial charge in [-0.25, -0.2) is 0 Å². The van der Waals surface area contributed by atoms with E-state index in [4.69, 9.17) is 11.6 Å². The van der Waals surface area contributed by atoms with Crippen LogP contribution in [-0.2, 0) is 6.61 Å². The van der Waals surface area contributed by atoms with Crippen molar-refractivity contribution >= 4 is 17.3 Å². The number of aliphatic hydroxyl groups excluding tert-OH is 1. The van der Waals surface area contributed by atoms with E-state index in [1.165, 1.54) is 37.8 Å². The number of hydrogen-bond donors (Lipinski definition) is 1. The molecule has 2 rings (SSSR count). The molecule has 0 heterocycles. The molecule has 1 aromatic carbocycles. The molecule has 0 aromatic heterocycles. The quantitative estimate of drug-likeness (QED) is 0.827. The van der Waals surface area contributed by atoms with Gasteiger partial charge in [-0.15, -0.1) is 0 Å². The molecule has 0 spiro atoms. The summed E-state index contributed by atoms with van der Waals surface area (Å²) in [5, 5.41) is 10.3. The van der Waals surface area contributed by atoms with Crippen LogP contribution in [0.3, 0.4) is 0 Å². The lowest BCUT2D eigenvalue weighted by Gasteiger charge is -2.33. The first kappa shape index (κ1) is 15.7. The molecule has 1 aromatic rings. The van der Waals surface area contributed by atoms with Gasteiger partial charge in [0, 0.05) is 28.9 Å². The maximum atomic E-state index is 9.63. The minimum atomic E-state index is 0.0563. The highest BCUT2D eigenvalue weighted by Crippen LogP contribution is 2.32. The summed E-state index contributed by atoms with van der Waals surface area (Å²) in [5.74, 6) is 0.698. The van der Waals surface area contributed by atoms with Crippen molar-refractivity contribution < 1.29 is 5.11 Å². The Balaban J connectivity index is 2.24. The number of anilines is 1. The molecule has 0 amide bonds. The molecule has 0 saturated heterocycles. The van der Waals surface area contributed by atoms with E-state index in [9.17, 15) is 5.11 Å². The largest absolute Gasteiger partial charge is 0.392 e. The lowest BCUT2D eigenvalue weighted by atomic mass is 10.1. The topological polar surface area (TPSA) is 23.5 Å². The van der Waals surface area contributed by atoms with Gasteiger partial charge in [0.15, 0.2) is 0 Å². The fourth-order valence-electron chi connectivity index (χ4n) is 3.07. The van der Waals surface area contributed by atoms with Crippen molar-refractivity contribution in [3.8, 4) is 0 Å². The summed E-state index contributed by atoms with van der Waals surface area (Å²) in [4.78, 5) is 2.51. The zero-order valence-corrected chi connectivity index (χ0v) is 13.4. The second-order valence-electron chi connectivity index (χ2n) is 6.25. The van der Waals surface area contributed by atoms with Gasteiger partial charge < -0.3 is 10.0 Å². The Labute approximate surface area is 127 Å². The number of halogens is 1. The molecule has 2 nitrogen and oxygen atoms in total. The summed E-state index contributed by atoms with van der Waals surface area (Å²) in [7, 11) is 0. The number of benzene rings is 1. The van der Waals surface area contributed by atoms with Crippen molar-refractivity contribution in [2.75, 3.05) is 11.4 Å². The number of hydrogen-bond acceptors (Lipinski definition) is 2. The molecule has 1 aliphatic rings. The van der Waals surface area contributed by atoms with Gasteiger partial charge in [0.05, 0.1) is 6.61 Å². The Bertz CT molecular complexity index is 427. The third-order valence-corrected chi connectivity index (χ3v) is 4.47. The number of rotatable bonds is 6. The first-order valence-electron chi connectivity index (χ1n) is 7.77. The van der Waals surface area contributed by atoms with Gasteiger partial charge in [0.25, 0.3) is 0 Å². The van der Waals surface area contributed by atoms with E-state index in [1.807, 2.05) is 12.1 Å². The van der Waals surface area contributed by atoms with Crippen LogP contribution in [0, 0.1) is 5.92 Å². The van der Waals surface area contributed by atoms with Crippen LogP contribution < -0.4 is 4.90 Å². The Kier molecular flexibility index (Phi) is 5.74. The molecule has 0 atom stereocenters. The molecule has 0 aliphatic heterocycles. The molecule has 3 heteroatoms. The van der Waals surface area contributed by atoms with E-state index in [1.54, 1.807) is 0 Å². The van der Waals surface area contributed by atoms with Gasteiger partial charge in [-0.2, -0.15) is 0 Å². The SMILES string of the molecule is CC(C)CCN(c1ccc(Cl)cc1CO)C1CCCC1. The van der Waals surface area contributed by atoms with Gasteiger partial charge in [-0.05, 0) is 43.4 Å². The van der Waals surface area contributed by atoms with Gasteiger partial charge >= 0.3 is 0 Å². The highest BCUT2D eigenvalue weighted by Gasteiger charge is 2.24. The average Bonchev–Trinajstić information content (AvgIpc) is 2.94. The smallest absolute Gasteiger partial charge is 0.0702 e. The highest BCUT2D eigenvalue weighted by molar-refractivity contribution is 6.30. The van der Waals surface area contributed by atoms with Crippen LogP contribution in [0.5, 0.6) is 0 Å². The van der Waals surface area contributed by atoms with Gasteiger partial charge in [0.1, 0.15) is 0 Å². The normalized spacial score (nSPS) is 16.1. The number of nitrogens with zero attached hydrogens (tertiary/aromatic N) is 1. The number of aliphatic hydroxyl groups is 1. The maximum Gasteiger partial charge on any atom is 0.0702 e. The van der Waals surface area contributed by atoms with E-state index in [0.717, 1.165) is 12.1 Å². The fraction of sp³-hybridized carbons (Fsp3) is 0.647. The lowest BCUT2D eigenvalue weighted by Crippen LogP contribution is -2.35. The van der Waals surface area contributed by atoms with E-state index < -0.39 is 0 Å². The molecule has 1 N–H and O–H groups in total. The Morgan fingerprint density at radius 2 is 2.00 bits per heavy atom. The van der Waals surface area contributed by atoms with Crippen molar-refractivity contribution in [3.63, 3.8) is 0 Å². The molecule has 1 fully saturated rings. The summed E-state index contributed by atoms with van der Waals surface area (Å²) in [6.07, 6.45) is 6.37. The molecule has 1 aliphatic carbocycles. The minimum absolute atomic E-state index is 0.0563. The monoisotopic (exact) mass is 295 g/mol. The van der Waals surface area contributed by atoms with Crippen molar-refractivity contribution in [3.05, 3.63) is 28.8 Å². The summed E-state index contributed by atoms with van der Waals surface area (Å²) < 4.78 is 0. The predicted octanol–water partition coefficient (Wildman–Crippen LogP) is 4.63. The van der Waals surface area contributed by atoms with Crippen LogP contribution in [0.2, 0.25) is 5.02 Å². The van der Waals surface area contributed by atoms with Crippen molar-refractivity contribution in [1.29, 1.82) is 0 Å². The van der Waals surface area contributed by atoms with Gasteiger partial charge in [0.2, 0.25) is 0 Å². The second kappa shape index (κ2) is 7.33. The van der Waals surface area contributed by atoms with Crippen molar-refractivity contribution in [2.24, 2.45) is 5.92 Å². The molecular formula is C17H26ClNO. The van der Waals surface area contributed by atoms with Crippen LogP contribution in [0.15, 0.2) is 18.2 Å². The van der Waals surface area contributed by atoms with Gasteiger partial charge in [-0.1, -0.05) is 38.3 Å². The molecule has 1 saturated carbocycles. The predicted molar refractivity (Wildman–Crippen MR) is 86.4 cm³/mol. The third-order valence-electron chi connectivity index (χ3n) is 4.23. The average molecular weight is 296 g/mol. The molecule has 0 unspecified atom stereocenters. The van der Waals surface area contributed by atoms with Crippen LogP contribution in [0.25, 0.3) is 0 Å². The zero-order valence-electron chi connectivity index (χ0n) is 12.6. The molecule has 112 valence electrons. The van der Waals surface area contributed by atoms with Crippen molar-refractivity contribution in [1.82, 2.24) is 0 Å².